The van der Waals surface area contributed by atoms with Gasteiger partial charge in [0.1, 0.15) is 5.75 Å². The molecule has 0 atom stereocenters. The van der Waals surface area contributed by atoms with Gasteiger partial charge in [-0.3, -0.25) is 9.79 Å². The van der Waals surface area contributed by atoms with Gasteiger partial charge < -0.3 is 10.4 Å². The third kappa shape index (κ3) is 4.67. The number of carbonyl (C=O) groups excluding carboxylic acids is 1. The van der Waals surface area contributed by atoms with E-state index in [1.54, 1.807) is 18.3 Å². The Kier molecular flexibility index (Phi) is 5.57. The van der Waals surface area contributed by atoms with Gasteiger partial charge in [-0.1, -0.05) is 6.07 Å². The van der Waals surface area contributed by atoms with Gasteiger partial charge in [-0.05, 0) is 75.5 Å². The van der Waals surface area contributed by atoms with Crippen molar-refractivity contribution in [3.8, 4) is 5.75 Å². The van der Waals surface area contributed by atoms with E-state index in [4.69, 9.17) is 0 Å². The maximum absolute atomic E-state index is 11.0. The van der Waals surface area contributed by atoms with Crippen molar-refractivity contribution in [2.45, 2.75) is 6.92 Å². The summed E-state index contributed by atoms with van der Waals surface area (Å²) in [6.45, 7) is 1.46. The molecule has 0 aliphatic rings. The summed E-state index contributed by atoms with van der Waals surface area (Å²) in [5.41, 5.74) is 2.06. The zero-order valence-electron chi connectivity index (χ0n) is 11.1. The van der Waals surface area contributed by atoms with Crippen molar-refractivity contribution in [3.05, 3.63) is 49.1 Å². The molecule has 0 bridgehead atoms. The number of phenolic OH excluding ortho intramolecular Hbond substituents is 1. The highest BCUT2D eigenvalue weighted by molar-refractivity contribution is 14.1. The van der Waals surface area contributed by atoms with Crippen LogP contribution in [0.2, 0.25) is 0 Å². The second kappa shape index (κ2) is 7.21. The minimum atomic E-state index is -0.124. The highest BCUT2D eigenvalue weighted by atomic mass is 127. The minimum absolute atomic E-state index is 0.124. The summed E-state index contributed by atoms with van der Waals surface area (Å²) in [6, 6.07) is 11.0. The first-order valence-corrected chi connectivity index (χ1v) is 8.21. The molecular weight excluding hydrogens is 494 g/mol. The Hall–Kier alpha value is -1.16. The molecule has 0 aromatic heterocycles. The lowest BCUT2D eigenvalue weighted by molar-refractivity contribution is -0.114. The van der Waals surface area contributed by atoms with Crippen LogP contribution >= 0.6 is 45.2 Å². The van der Waals surface area contributed by atoms with Gasteiger partial charge in [0, 0.05) is 28.0 Å². The fraction of sp³-hybridized carbons (Fsp3) is 0.0667. The van der Waals surface area contributed by atoms with Crippen LogP contribution in [0.5, 0.6) is 5.75 Å². The Labute approximate surface area is 150 Å². The number of nitrogens with one attached hydrogen (secondary N) is 1. The van der Waals surface area contributed by atoms with E-state index in [1.807, 2.05) is 24.3 Å². The van der Waals surface area contributed by atoms with E-state index in [9.17, 15) is 9.90 Å². The van der Waals surface area contributed by atoms with Gasteiger partial charge in [0.25, 0.3) is 0 Å². The molecule has 0 heterocycles. The van der Waals surface area contributed by atoms with Crippen LogP contribution in [0.15, 0.2) is 41.4 Å². The topological polar surface area (TPSA) is 61.7 Å². The van der Waals surface area contributed by atoms with Crippen molar-refractivity contribution >= 4 is 68.7 Å². The van der Waals surface area contributed by atoms with Gasteiger partial charge in [0.15, 0.2) is 0 Å². The average molecular weight is 506 g/mol. The summed E-state index contributed by atoms with van der Waals surface area (Å²) < 4.78 is 1.82. The number of nitrogens with zero attached hydrogens (tertiary/aromatic N) is 1. The first-order chi connectivity index (χ1) is 9.95. The number of amides is 1. The Balaban J connectivity index is 2.27. The quantitative estimate of drug-likeness (QED) is 0.482. The number of benzene rings is 2. The molecule has 2 rings (SSSR count). The molecule has 2 N–H and O–H groups in total. The number of halogens is 2. The molecule has 2 aromatic rings. The highest BCUT2D eigenvalue weighted by Crippen LogP contribution is 2.26. The van der Waals surface area contributed by atoms with Crippen molar-refractivity contribution in [1.82, 2.24) is 0 Å². The van der Waals surface area contributed by atoms with Crippen LogP contribution in [0.3, 0.4) is 0 Å². The number of aliphatic imine (C=N–C) groups is 1. The molecule has 0 saturated heterocycles. The second-order valence-electron chi connectivity index (χ2n) is 4.32. The average Bonchev–Trinajstić information content (AvgIpc) is 2.41. The zero-order chi connectivity index (χ0) is 15.4. The van der Waals surface area contributed by atoms with Crippen LogP contribution in [-0.4, -0.2) is 17.2 Å². The second-order valence-corrected chi connectivity index (χ2v) is 6.72. The lowest BCUT2D eigenvalue weighted by atomic mass is 10.2. The van der Waals surface area contributed by atoms with Crippen LogP contribution < -0.4 is 5.32 Å². The first-order valence-electron chi connectivity index (χ1n) is 6.05. The Morgan fingerprint density at radius 1 is 1.29 bits per heavy atom. The third-order valence-electron chi connectivity index (χ3n) is 2.58. The summed E-state index contributed by atoms with van der Waals surface area (Å²) >= 11 is 4.28. The van der Waals surface area contributed by atoms with Crippen molar-refractivity contribution in [1.29, 1.82) is 0 Å². The molecule has 4 nitrogen and oxygen atoms in total. The number of phenols is 1. The van der Waals surface area contributed by atoms with Crippen LogP contribution in [0.1, 0.15) is 12.5 Å². The van der Waals surface area contributed by atoms with Crippen molar-refractivity contribution < 1.29 is 9.90 Å². The first kappa shape index (κ1) is 16.2. The number of hydrogen-bond donors (Lipinski definition) is 2. The third-order valence-corrected chi connectivity index (χ3v) is 4.02. The zero-order valence-corrected chi connectivity index (χ0v) is 15.4. The molecule has 0 saturated carbocycles. The van der Waals surface area contributed by atoms with E-state index in [-0.39, 0.29) is 11.7 Å². The van der Waals surface area contributed by atoms with Crippen molar-refractivity contribution in [2.75, 3.05) is 5.32 Å². The number of aromatic hydroxyl groups is 1. The molecule has 6 heteroatoms. The highest BCUT2D eigenvalue weighted by Gasteiger charge is 2.05. The minimum Gasteiger partial charge on any atom is -0.506 e. The molecule has 0 unspecified atom stereocenters. The Morgan fingerprint density at radius 3 is 2.76 bits per heavy atom. The maximum Gasteiger partial charge on any atom is 0.221 e. The van der Waals surface area contributed by atoms with E-state index in [2.05, 4.69) is 55.5 Å². The van der Waals surface area contributed by atoms with E-state index < -0.39 is 0 Å². The van der Waals surface area contributed by atoms with Gasteiger partial charge in [0.2, 0.25) is 5.91 Å². The molecule has 1 amide bonds. The summed E-state index contributed by atoms with van der Waals surface area (Å²) in [5, 5.41) is 12.7. The molecule has 0 aliphatic heterocycles. The number of anilines is 1. The monoisotopic (exact) mass is 506 g/mol. The van der Waals surface area contributed by atoms with Crippen LogP contribution in [-0.2, 0) is 4.79 Å². The summed E-state index contributed by atoms with van der Waals surface area (Å²) in [4.78, 5) is 15.4. The van der Waals surface area contributed by atoms with Gasteiger partial charge in [-0.2, -0.15) is 0 Å². The van der Waals surface area contributed by atoms with Gasteiger partial charge in [-0.25, -0.2) is 0 Å². The number of rotatable bonds is 3. The molecule has 21 heavy (non-hydrogen) atoms. The molecule has 108 valence electrons. The molecule has 0 fully saturated rings. The van der Waals surface area contributed by atoms with Crippen LogP contribution in [0, 0.1) is 7.14 Å². The molecule has 0 radical (unpaired) electrons. The van der Waals surface area contributed by atoms with E-state index in [0.717, 1.165) is 7.14 Å². The Morgan fingerprint density at radius 2 is 2.05 bits per heavy atom. The summed E-state index contributed by atoms with van der Waals surface area (Å²) in [5.74, 6) is 0.0960. The fourth-order valence-electron chi connectivity index (χ4n) is 1.70. The predicted octanol–water partition coefficient (Wildman–Crippen LogP) is 4.31. The molecule has 0 aliphatic carbocycles. The van der Waals surface area contributed by atoms with E-state index in [1.165, 1.54) is 6.92 Å². The lowest BCUT2D eigenvalue weighted by Crippen LogP contribution is -2.05. The Bertz CT molecular complexity index is 715. The van der Waals surface area contributed by atoms with Gasteiger partial charge in [-0.15, -0.1) is 0 Å². The van der Waals surface area contributed by atoms with E-state index in [0.29, 0.717) is 16.9 Å². The lowest BCUT2D eigenvalue weighted by Gasteiger charge is -2.04. The van der Waals surface area contributed by atoms with Crippen LogP contribution in [0.25, 0.3) is 0 Å². The molecular formula is C15H12I2N2O2. The fourth-order valence-corrected chi connectivity index (χ4v) is 3.59. The predicted molar refractivity (Wildman–Crippen MR) is 102 cm³/mol. The summed E-state index contributed by atoms with van der Waals surface area (Å²) in [6.07, 6.45) is 1.62. The van der Waals surface area contributed by atoms with Gasteiger partial charge >= 0.3 is 0 Å². The number of carbonyl (C=O) groups is 1. The standard InChI is InChI=1S/C15H12I2N2O2/c1-9(20)19-13-4-2-3-12(7-13)18-8-10-5-11(16)6-14(17)15(10)21/h2-8,21H,1H3,(H,19,20). The maximum atomic E-state index is 11.0. The molecule has 0 spiro atoms. The van der Waals surface area contributed by atoms with Crippen molar-refractivity contribution in [3.63, 3.8) is 0 Å². The SMILES string of the molecule is CC(=O)Nc1cccc(N=Cc2cc(I)cc(I)c2O)c1. The van der Waals surface area contributed by atoms with Crippen LogP contribution in [0.4, 0.5) is 11.4 Å². The van der Waals surface area contributed by atoms with E-state index >= 15 is 0 Å². The van der Waals surface area contributed by atoms with Gasteiger partial charge in [0.05, 0.1) is 9.26 Å². The largest absolute Gasteiger partial charge is 0.506 e. The molecule has 2 aromatic carbocycles. The summed E-state index contributed by atoms with van der Waals surface area (Å²) in [7, 11) is 0. The smallest absolute Gasteiger partial charge is 0.221 e. The van der Waals surface area contributed by atoms with Crippen molar-refractivity contribution in [2.24, 2.45) is 4.99 Å². The normalized spacial score (nSPS) is 10.8. The number of hydrogen-bond acceptors (Lipinski definition) is 3.